The third kappa shape index (κ3) is 2.64. The Bertz CT molecular complexity index is 866. The summed E-state index contributed by atoms with van der Waals surface area (Å²) in [6, 6.07) is 9.91. The lowest BCUT2D eigenvalue weighted by atomic mass is 10.1. The van der Waals surface area contributed by atoms with Crippen molar-refractivity contribution in [3.05, 3.63) is 57.8 Å². The number of fused-ring (bicyclic) bond motifs is 1. The number of rotatable bonds is 3. The van der Waals surface area contributed by atoms with Gasteiger partial charge in [0, 0.05) is 16.2 Å². The summed E-state index contributed by atoms with van der Waals surface area (Å²) in [6.45, 7) is 4.01. The molecule has 0 unspecified atom stereocenters. The van der Waals surface area contributed by atoms with E-state index in [-0.39, 0.29) is 6.42 Å². The largest absolute Gasteiger partial charge is 0.481 e. The van der Waals surface area contributed by atoms with Crippen molar-refractivity contribution in [1.82, 2.24) is 9.38 Å². The number of pyridine rings is 1. The number of nitrogens with zero attached hydrogens (tertiary/aromatic N) is 2. The summed E-state index contributed by atoms with van der Waals surface area (Å²) in [5.74, 6) is -0.869. The third-order valence-corrected chi connectivity index (χ3v) is 4.48. The number of benzene rings is 1. The fraction of sp³-hybridized carbons (Fsp3) is 0.176. The first kappa shape index (κ1) is 14.8. The van der Waals surface area contributed by atoms with Crippen LogP contribution in [0.3, 0.4) is 0 Å². The van der Waals surface area contributed by atoms with Gasteiger partial charge in [-0.25, -0.2) is 4.98 Å². The number of aromatic nitrogens is 2. The molecule has 1 aromatic carbocycles. The number of carboxylic acids is 1. The SMILES string of the molecule is Cc1ccc(-c2nc3cc(C)c(Br)cn3c2CC(=O)O)cc1. The predicted molar refractivity (Wildman–Crippen MR) is 89.1 cm³/mol. The first-order valence-corrected chi connectivity index (χ1v) is 7.71. The van der Waals surface area contributed by atoms with E-state index in [0.29, 0.717) is 5.69 Å². The molecule has 4 nitrogen and oxygen atoms in total. The number of carbonyl (C=O) groups is 1. The van der Waals surface area contributed by atoms with Crippen LogP contribution >= 0.6 is 15.9 Å². The lowest BCUT2D eigenvalue weighted by molar-refractivity contribution is -0.136. The standard InChI is InChI=1S/C17H15BrN2O2/c1-10-3-5-12(6-4-10)17-14(8-16(21)22)20-9-13(18)11(2)7-15(20)19-17/h3-7,9H,8H2,1-2H3,(H,21,22). The normalized spacial score (nSPS) is 11.0. The van der Waals surface area contributed by atoms with Crippen LogP contribution in [0.15, 0.2) is 41.0 Å². The molecular formula is C17H15BrN2O2. The number of aliphatic carboxylic acids is 1. The van der Waals surface area contributed by atoms with Crippen molar-refractivity contribution in [3.8, 4) is 11.3 Å². The molecule has 0 bridgehead atoms. The van der Waals surface area contributed by atoms with Crippen molar-refractivity contribution < 1.29 is 9.90 Å². The van der Waals surface area contributed by atoms with E-state index in [1.165, 1.54) is 0 Å². The molecule has 1 N–H and O–H groups in total. The fourth-order valence-corrected chi connectivity index (χ4v) is 2.78. The Morgan fingerprint density at radius 1 is 1.27 bits per heavy atom. The number of hydrogen-bond donors (Lipinski definition) is 1. The van der Waals surface area contributed by atoms with E-state index in [4.69, 9.17) is 0 Å². The molecule has 22 heavy (non-hydrogen) atoms. The molecule has 0 saturated carbocycles. The average Bonchev–Trinajstić information content (AvgIpc) is 2.78. The van der Waals surface area contributed by atoms with Crippen molar-refractivity contribution in [2.45, 2.75) is 20.3 Å². The van der Waals surface area contributed by atoms with E-state index in [9.17, 15) is 9.90 Å². The Hall–Kier alpha value is -2.14. The Labute approximate surface area is 136 Å². The summed E-state index contributed by atoms with van der Waals surface area (Å²) < 4.78 is 2.78. The number of carboxylic acid groups (broad SMARTS) is 1. The second kappa shape index (κ2) is 5.57. The molecule has 0 atom stereocenters. The van der Waals surface area contributed by atoms with Gasteiger partial charge in [-0.2, -0.15) is 0 Å². The Kier molecular flexibility index (Phi) is 3.74. The van der Waals surface area contributed by atoms with Gasteiger partial charge >= 0.3 is 5.97 Å². The molecule has 0 fully saturated rings. The van der Waals surface area contributed by atoms with E-state index in [0.717, 1.165) is 32.5 Å². The van der Waals surface area contributed by atoms with Gasteiger partial charge in [0.05, 0.1) is 17.8 Å². The molecule has 3 rings (SSSR count). The van der Waals surface area contributed by atoms with E-state index >= 15 is 0 Å². The number of hydrogen-bond acceptors (Lipinski definition) is 2. The first-order chi connectivity index (χ1) is 10.5. The molecule has 3 aromatic rings. The van der Waals surface area contributed by atoms with Crippen LogP contribution in [0.4, 0.5) is 0 Å². The van der Waals surface area contributed by atoms with Gasteiger partial charge in [-0.15, -0.1) is 0 Å². The zero-order valence-corrected chi connectivity index (χ0v) is 13.9. The van der Waals surface area contributed by atoms with E-state index in [2.05, 4.69) is 20.9 Å². The highest BCUT2D eigenvalue weighted by molar-refractivity contribution is 9.10. The maximum absolute atomic E-state index is 11.2. The van der Waals surface area contributed by atoms with Crippen molar-refractivity contribution in [2.75, 3.05) is 0 Å². The van der Waals surface area contributed by atoms with Gasteiger partial charge < -0.3 is 9.51 Å². The van der Waals surface area contributed by atoms with Gasteiger partial charge in [0.25, 0.3) is 0 Å². The second-order valence-electron chi connectivity index (χ2n) is 5.38. The zero-order valence-electron chi connectivity index (χ0n) is 12.3. The summed E-state index contributed by atoms with van der Waals surface area (Å²) in [5, 5.41) is 9.23. The third-order valence-electron chi connectivity index (χ3n) is 3.65. The molecule has 2 heterocycles. The predicted octanol–water partition coefficient (Wildman–Crippen LogP) is 4.01. The highest BCUT2D eigenvalue weighted by Crippen LogP contribution is 2.28. The van der Waals surface area contributed by atoms with E-state index in [1.807, 2.05) is 54.8 Å². The molecule has 112 valence electrons. The first-order valence-electron chi connectivity index (χ1n) is 6.91. The van der Waals surface area contributed by atoms with E-state index < -0.39 is 5.97 Å². The van der Waals surface area contributed by atoms with Crippen LogP contribution in [0.1, 0.15) is 16.8 Å². The van der Waals surface area contributed by atoms with Gasteiger partial charge in [0.1, 0.15) is 5.65 Å². The van der Waals surface area contributed by atoms with Gasteiger partial charge in [-0.1, -0.05) is 29.8 Å². The number of imidazole rings is 1. The van der Waals surface area contributed by atoms with E-state index in [1.54, 1.807) is 0 Å². The van der Waals surface area contributed by atoms with Crippen LogP contribution in [0.2, 0.25) is 0 Å². The summed E-state index contributed by atoms with van der Waals surface area (Å²) in [7, 11) is 0. The van der Waals surface area contributed by atoms with Crippen LogP contribution in [-0.2, 0) is 11.2 Å². The smallest absolute Gasteiger partial charge is 0.309 e. The van der Waals surface area contributed by atoms with Crippen molar-refractivity contribution in [3.63, 3.8) is 0 Å². The summed E-state index contributed by atoms with van der Waals surface area (Å²) in [6.07, 6.45) is 1.81. The van der Waals surface area contributed by atoms with Crippen molar-refractivity contribution in [1.29, 1.82) is 0 Å². The monoisotopic (exact) mass is 358 g/mol. The van der Waals surface area contributed by atoms with Crippen molar-refractivity contribution in [2.24, 2.45) is 0 Å². The van der Waals surface area contributed by atoms with Crippen molar-refractivity contribution >= 4 is 27.5 Å². The summed E-state index contributed by atoms with van der Waals surface area (Å²) >= 11 is 3.50. The van der Waals surface area contributed by atoms with Crippen LogP contribution in [-0.4, -0.2) is 20.5 Å². The number of halogens is 1. The molecule has 0 aliphatic rings. The van der Waals surface area contributed by atoms with Crippen LogP contribution in [0.5, 0.6) is 0 Å². The molecule has 0 aliphatic carbocycles. The average molecular weight is 359 g/mol. The highest BCUT2D eigenvalue weighted by atomic mass is 79.9. The minimum Gasteiger partial charge on any atom is -0.481 e. The Morgan fingerprint density at radius 3 is 2.59 bits per heavy atom. The van der Waals surface area contributed by atoms with Crippen LogP contribution in [0, 0.1) is 13.8 Å². The molecule has 0 amide bonds. The summed E-state index contributed by atoms with van der Waals surface area (Å²) in [5.41, 5.74) is 5.32. The molecule has 0 radical (unpaired) electrons. The van der Waals surface area contributed by atoms with Crippen LogP contribution < -0.4 is 0 Å². The highest BCUT2D eigenvalue weighted by Gasteiger charge is 2.17. The minimum atomic E-state index is -0.869. The lowest BCUT2D eigenvalue weighted by Gasteiger charge is -2.05. The fourth-order valence-electron chi connectivity index (χ4n) is 2.46. The quantitative estimate of drug-likeness (QED) is 0.769. The molecule has 5 heteroatoms. The molecule has 0 spiro atoms. The Balaban J connectivity index is 2.28. The van der Waals surface area contributed by atoms with Gasteiger partial charge in [0.15, 0.2) is 0 Å². The lowest BCUT2D eigenvalue weighted by Crippen LogP contribution is -2.05. The number of aryl methyl sites for hydroxylation is 2. The van der Waals surface area contributed by atoms with Gasteiger partial charge in [-0.3, -0.25) is 4.79 Å². The second-order valence-corrected chi connectivity index (χ2v) is 6.23. The van der Waals surface area contributed by atoms with Gasteiger partial charge in [0.2, 0.25) is 0 Å². The molecular weight excluding hydrogens is 344 g/mol. The Morgan fingerprint density at radius 2 is 1.95 bits per heavy atom. The minimum absolute atomic E-state index is 0.0696. The van der Waals surface area contributed by atoms with Gasteiger partial charge in [-0.05, 0) is 41.4 Å². The zero-order chi connectivity index (χ0) is 15.9. The topological polar surface area (TPSA) is 54.6 Å². The van der Waals surface area contributed by atoms with Crippen LogP contribution in [0.25, 0.3) is 16.9 Å². The molecule has 2 aromatic heterocycles. The molecule has 0 aliphatic heterocycles. The summed E-state index contributed by atoms with van der Waals surface area (Å²) in [4.78, 5) is 15.9. The maximum atomic E-state index is 11.2. The molecule has 0 saturated heterocycles. The maximum Gasteiger partial charge on any atom is 0.309 e.